The summed E-state index contributed by atoms with van der Waals surface area (Å²) in [4.78, 5) is 16.2. The summed E-state index contributed by atoms with van der Waals surface area (Å²) in [5.74, 6) is 1.28. The number of aromatic amines is 1. The van der Waals surface area contributed by atoms with E-state index in [-0.39, 0.29) is 11.7 Å². The van der Waals surface area contributed by atoms with E-state index in [2.05, 4.69) is 25.7 Å². The van der Waals surface area contributed by atoms with Crippen LogP contribution in [0.4, 0.5) is 0 Å². The molecule has 112 valence electrons. The Hall–Kier alpha value is -2.96. The quantitative estimate of drug-likeness (QED) is 0.747. The molecule has 3 aromatic rings. The first-order valence-electron chi connectivity index (χ1n) is 6.90. The van der Waals surface area contributed by atoms with Crippen molar-refractivity contribution in [3.05, 3.63) is 53.7 Å². The standard InChI is InChI=1S/C15H15N5O2/c1-10-9-12(22-20-10)15(21)16-8-7-13-17-14(19-18-13)11-5-3-2-4-6-11/h2-6,9H,7-8H2,1H3,(H,16,21)(H,17,18,19). The lowest BCUT2D eigenvalue weighted by Gasteiger charge is -1.99. The van der Waals surface area contributed by atoms with Crippen molar-refractivity contribution in [3.8, 4) is 11.4 Å². The summed E-state index contributed by atoms with van der Waals surface area (Å²) in [6, 6.07) is 11.3. The summed E-state index contributed by atoms with van der Waals surface area (Å²) in [7, 11) is 0. The Balaban J connectivity index is 1.54. The molecule has 0 radical (unpaired) electrons. The van der Waals surface area contributed by atoms with Crippen LogP contribution in [0, 0.1) is 6.92 Å². The molecule has 0 aliphatic rings. The van der Waals surface area contributed by atoms with Crippen LogP contribution in [0.3, 0.4) is 0 Å². The molecule has 2 aromatic heterocycles. The number of amides is 1. The van der Waals surface area contributed by atoms with E-state index in [0.717, 1.165) is 5.56 Å². The van der Waals surface area contributed by atoms with Crippen LogP contribution in [0.5, 0.6) is 0 Å². The third kappa shape index (κ3) is 3.20. The summed E-state index contributed by atoms with van der Waals surface area (Å²) >= 11 is 0. The summed E-state index contributed by atoms with van der Waals surface area (Å²) in [6.07, 6.45) is 0.554. The van der Waals surface area contributed by atoms with Crippen LogP contribution >= 0.6 is 0 Å². The average Bonchev–Trinajstić information content (AvgIpc) is 3.17. The van der Waals surface area contributed by atoms with Gasteiger partial charge in [0.15, 0.2) is 5.82 Å². The van der Waals surface area contributed by atoms with Crippen LogP contribution in [0.2, 0.25) is 0 Å². The normalized spacial score (nSPS) is 10.6. The fourth-order valence-corrected chi connectivity index (χ4v) is 1.98. The van der Waals surface area contributed by atoms with E-state index in [1.165, 1.54) is 0 Å². The van der Waals surface area contributed by atoms with Gasteiger partial charge in [-0.1, -0.05) is 35.5 Å². The predicted molar refractivity (Wildman–Crippen MR) is 79.1 cm³/mol. The Kier molecular flexibility index (Phi) is 3.95. The second kappa shape index (κ2) is 6.21. The average molecular weight is 297 g/mol. The van der Waals surface area contributed by atoms with Crippen molar-refractivity contribution in [1.29, 1.82) is 0 Å². The highest BCUT2D eigenvalue weighted by atomic mass is 16.5. The van der Waals surface area contributed by atoms with Crippen molar-refractivity contribution in [2.24, 2.45) is 0 Å². The van der Waals surface area contributed by atoms with Crippen molar-refractivity contribution in [2.45, 2.75) is 13.3 Å². The maximum absolute atomic E-state index is 11.8. The molecular formula is C15H15N5O2. The Morgan fingerprint density at radius 2 is 2.14 bits per heavy atom. The van der Waals surface area contributed by atoms with Crippen molar-refractivity contribution < 1.29 is 9.32 Å². The lowest BCUT2D eigenvalue weighted by Crippen LogP contribution is -2.25. The Morgan fingerprint density at radius 1 is 1.32 bits per heavy atom. The summed E-state index contributed by atoms with van der Waals surface area (Å²) in [5.41, 5.74) is 1.62. The molecule has 0 bridgehead atoms. The predicted octanol–water partition coefficient (Wildman–Crippen LogP) is 1.74. The number of H-pyrrole nitrogens is 1. The molecule has 0 saturated carbocycles. The van der Waals surface area contributed by atoms with Crippen LogP contribution in [-0.4, -0.2) is 32.8 Å². The van der Waals surface area contributed by atoms with Gasteiger partial charge in [-0.25, -0.2) is 4.98 Å². The van der Waals surface area contributed by atoms with E-state index in [9.17, 15) is 4.79 Å². The van der Waals surface area contributed by atoms with E-state index in [4.69, 9.17) is 4.52 Å². The second-order valence-electron chi connectivity index (χ2n) is 4.81. The zero-order valence-electron chi connectivity index (χ0n) is 12.0. The van der Waals surface area contributed by atoms with Crippen LogP contribution in [0.15, 0.2) is 40.9 Å². The molecule has 7 nitrogen and oxygen atoms in total. The van der Waals surface area contributed by atoms with E-state index < -0.39 is 0 Å². The molecule has 0 unspecified atom stereocenters. The molecule has 22 heavy (non-hydrogen) atoms. The Labute approximate surface area is 126 Å². The van der Waals surface area contributed by atoms with Gasteiger partial charge in [0.1, 0.15) is 5.82 Å². The number of nitrogens with zero attached hydrogens (tertiary/aromatic N) is 3. The van der Waals surface area contributed by atoms with Gasteiger partial charge < -0.3 is 9.84 Å². The number of aromatic nitrogens is 4. The summed E-state index contributed by atoms with van der Waals surface area (Å²) < 4.78 is 4.89. The first-order valence-corrected chi connectivity index (χ1v) is 6.90. The number of aryl methyl sites for hydroxylation is 1. The molecule has 0 spiro atoms. The Bertz CT molecular complexity index is 763. The summed E-state index contributed by atoms with van der Waals surface area (Å²) in [6.45, 7) is 2.20. The van der Waals surface area contributed by atoms with Gasteiger partial charge in [-0.05, 0) is 6.92 Å². The number of carbonyl (C=O) groups excluding carboxylic acids is 1. The van der Waals surface area contributed by atoms with Crippen molar-refractivity contribution in [3.63, 3.8) is 0 Å². The van der Waals surface area contributed by atoms with Gasteiger partial charge >= 0.3 is 0 Å². The second-order valence-corrected chi connectivity index (χ2v) is 4.81. The molecule has 1 amide bonds. The minimum atomic E-state index is -0.289. The minimum Gasteiger partial charge on any atom is -0.351 e. The Morgan fingerprint density at radius 3 is 2.86 bits per heavy atom. The minimum absolute atomic E-state index is 0.208. The highest BCUT2D eigenvalue weighted by Gasteiger charge is 2.11. The van der Waals surface area contributed by atoms with E-state index in [0.29, 0.717) is 30.3 Å². The first kappa shape index (κ1) is 14.0. The van der Waals surface area contributed by atoms with Gasteiger partial charge in [0, 0.05) is 24.6 Å². The van der Waals surface area contributed by atoms with Crippen LogP contribution in [-0.2, 0) is 6.42 Å². The highest BCUT2D eigenvalue weighted by Crippen LogP contribution is 2.13. The molecule has 0 fully saturated rings. The largest absolute Gasteiger partial charge is 0.351 e. The number of nitrogens with one attached hydrogen (secondary N) is 2. The van der Waals surface area contributed by atoms with Gasteiger partial charge in [-0.3, -0.25) is 9.89 Å². The maximum Gasteiger partial charge on any atom is 0.289 e. The molecule has 0 aliphatic heterocycles. The lowest BCUT2D eigenvalue weighted by atomic mass is 10.2. The first-order chi connectivity index (χ1) is 10.7. The van der Waals surface area contributed by atoms with E-state index in [1.807, 2.05) is 30.3 Å². The summed E-state index contributed by atoms with van der Waals surface area (Å²) in [5, 5.41) is 13.5. The third-order valence-corrected chi connectivity index (χ3v) is 3.06. The lowest BCUT2D eigenvalue weighted by molar-refractivity contribution is 0.0917. The smallest absolute Gasteiger partial charge is 0.289 e. The molecule has 7 heteroatoms. The zero-order valence-corrected chi connectivity index (χ0v) is 12.0. The van der Waals surface area contributed by atoms with Gasteiger partial charge in [0.05, 0.1) is 5.69 Å². The number of carbonyl (C=O) groups is 1. The van der Waals surface area contributed by atoms with Crippen molar-refractivity contribution >= 4 is 5.91 Å². The number of benzene rings is 1. The van der Waals surface area contributed by atoms with Gasteiger partial charge in [0.25, 0.3) is 5.91 Å². The number of hydrogen-bond donors (Lipinski definition) is 2. The maximum atomic E-state index is 11.8. The zero-order chi connectivity index (χ0) is 15.4. The topological polar surface area (TPSA) is 96.7 Å². The van der Waals surface area contributed by atoms with Crippen LogP contribution in [0.25, 0.3) is 11.4 Å². The SMILES string of the molecule is Cc1cc(C(=O)NCCc2nc(-c3ccccc3)n[nH]2)on1. The van der Waals surface area contributed by atoms with Crippen LogP contribution < -0.4 is 5.32 Å². The highest BCUT2D eigenvalue weighted by molar-refractivity contribution is 5.91. The van der Waals surface area contributed by atoms with Crippen molar-refractivity contribution in [1.82, 2.24) is 25.7 Å². The van der Waals surface area contributed by atoms with Gasteiger partial charge in [0.2, 0.25) is 5.76 Å². The van der Waals surface area contributed by atoms with Crippen molar-refractivity contribution in [2.75, 3.05) is 6.54 Å². The molecule has 2 heterocycles. The monoisotopic (exact) mass is 297 g/mol. The fourth-order valence-electron chi connectivity index (χ4n) is 1.98. The molecule has 0 saturated heterocycles. The molecule has 0 aliphatic carbocycles. The number of hydrogen-bond acceptors (Lipinski definition) is 5. The molecule has 3 rings (SSSR count). The van der Waals surface area contributed by atoms with E-state index in [1.54, 1.807) is 13.0 Å². The fraction of sp³-hybridized carbons (Fsp3) is 0.200. The molecular weight excluding hydrogens is 282 g/mol. The van der Waals surface area contributed by atoms with E-state index >= 15 is 0 Å². The third-order valence-electron chi connectivity index (χ3n) is 3.06. The van der Waals surface area contributed by atoms with Crippen LogP contribution in [0.1, 0.15) is 22.1 Å². The molecule has 2 N–H and O–H groups in total. The molecule has 0 atom stereocenters. The molecule has 1 aromatic carbocycles. The van der Waals surface area contributed by atoms with Gasteiger partial charge in [-0.2, -0.15) is 5.10 Å². The number of rotatable bonds is 5. The van der Waals surface area contributed by atoms with Gasteiger partial charge in [-0.15, -0.1) is 0 Å².